The van der Waals surface area contributed by atoms with Gasteiger partial charge in [0.2, 0.25) is 5.91 Å². The van der Waals surface area contributed by atoms with Crippen LogP contribution in [0.25, 0.3) is 11.0 Å². The van der Waals surface area contributed by atoms with Crippen LogP contribution in [0.15, 0.2) is 47.1 Å². The third kappa shape index (κ3) is 3.86. The second kappa shape index (κ2) is 7.65. The number of hydrogen-bond acceptors (Lipinski definition) is 4. The van der Waals surface area contributed by atoms with Crippen LogP contribution in [0.1, 0.15) is 42.1 Å². The molecule has 4 rings (SSSR count). The number of nitrogens with one attached hydrogen (secondary N) is 2. The Morgan fingerprint density at radius 2 is 1.96 bits per heavy atom. The van der Waals surface area contributed by atoms with Crippen molar-refractivity contribution in [3.05, 3.63) is 54.2 Å². The Morgan fingerprint density at radius 1 is 1.15 bits per heavy atom. The van der Waals surface area contributed by atoms with Gasteiger partial charge in [-0.25, -0.2) is 4.98 Å². The molecule has 2 amide bonds. The highest BCUT2D eigenvalue weighted by Crippen LogP contribution is 2.19. The highest BCUT2D eigenvalue weighted by Gasteiger charge is 2.19. The molecule has 0 radical (unpaired) electrons. The first-order chi connectivity index (χ1) is 13.2. The molecule has 0 saturated heterocycles. The molecule has 1 saturated carbocycles. The molecule has 1 fully saturated rings. The molecule has 1 aliphatic rings. The molecule has 7 nitrogen and oxygen atoms in total. The van der Waals surface area contributed by atoms with Gasteiger partial charge in [0.05, 0.1) is 23.8 Å². The zero-order chi connectivity index (χ0) is 18.6. The predicted molar refractivity (Wildman–Crippen MR) is 100 cm³/mol. The summed E-state index contributed by atoms with van der Waals surface area (Å²) in [7, 11) is 0. The number of furan rings is 1. The molecule has 0 bridgehead atoms. The predicted octanol–water partition coefficient (Wildman–Crippen LogP) is 2.62. The molecule has 0 spiro atoms. The lowest BCUT2D eigenvalue weighted by molar-refractivity contribution is -0.122. The van der Waals surface area contributed by atoms with Gasteiger partial charge in [-0.2, -0.15) is 0 Å². The summed E-state index contributed by atoms with van der Waals surface area (Å²) in [4.78, 5) is 29.3. The molecular weight excluding hydrogens is 344 g/mol. The topological polar surface area (TPSA) is 89.2 Å². The minimum atomic E-state index is -0.311. The molecule has 3 aromatic rings. The van der Waals surface area contributed by atoms with Crippen molar-refractivity contribution in [2.75, 3.05) is 0 Å². The summed E-state index contributed by atoms with van der Waals surface area (Å²) in [5.41, 5.74) is 1.68. The van der Waals surface area contributed by atoms with Crippen molar-refractivity contribution in [3.8, 4) is 0 Å². The average Bonchev–Trinajstić information content (AvgIpc) is 3.42. The van der Waals surface area contributed by atoms with Crippen LogP contribution >= 0.6 is 0 Å². The quantitative estimate of drug-likeness (QED) is 0.702. The van der Waals surface area contributed by atoms with Gasteiger partial charge in [-0.05, 0) is 37.1 Å². The number of imidazole rings is 1. The van der Waals surface area contributed by atoms with E-state index in [1.807, 2.05) is 28.8 Å². The number of aromatic nitrogens is 2. The molecule has 2 N–H and O–H groups in total. The highest BCUT2D eigenvalue weighted by molar-refractivity contribution is 5.91. The Morgan fingerprint density at radius 3 is 2.74 bits per heavy atom. The lowest BCUT2D eigenvalue weighted by Gasteiger charge is -2.14. The molecule has 7 heteroatoms. The van der Waals surface area contributed by atoms with Crippen LogP contribution in [0.4, 0.5) is 0 Å². The van der Waals surface area contributed by atoms with E-state index in [-0.39, 0.29) is 36.7 Å². The Labute approximate surface area is 156 Å². The number of hydrogen-bond donors (Lipinski definition) is 2. The molecule has 140 valence electrons. The van der Waals surface area contributed by atoms with E-state index in [4.69, 9.17) is 4.42 Å². The van der Waals surface area contributed by atoms with E-state index in [2.05, 4.69) is 15.6 Å². The van der Waals surface area contributed by atoms with E-state index in [1.54, 1.807) is 12.1 Å². The van der Waals surface area contributed by atoms with Crippen LogP contribution in [0.3, 0.4) is 0 Å². The summed E-state index contributed by atoms with van der Waals surface area (Å²) in [5.74, 6) is 0.548. The number of rotatable bonds is 6. The minimum Gasteiger partial charge on any atom is -0.459 e. The third-order valence-corrected chi connectivity index (χ3v) is 4.91. The second-order valence-electron chi connectivity index (χ2n) is 6.81. The van der Waals surface area contributed by atoms with Crippen molar-refractivity contribution >= 4 is 22.8 Å². The molecule has 0 unspecified atom stereocenters. The van der Waals surface area contributed by atoms with Crippen LogP contribution in [-0.4, -0.2) is 27.4 Å². The highest BCUT2D eigenvalue weighted by atomic mass is 16.3. The maximum Gasteiger partial charge on any atom is 0.287 e. The molecule has 2 aromatic heterocycles. The van der Waals surface area contributed by atoms with Crippen molar-refractivity contribution in [3.63, 3.8) is 0 Å². The maximum absolute atomic E-state index is 12.5. The van der Waals surface area contributed by atoms with E-state index in [0.717, 1.165) is 23.9 Å². The Hall–Kier alpha value is -3.09. The standard InChI is InChI=1S/C20H22N4O3/c25-19(22-14-6-1-2-7-14)13-24-16-9-4-3-8-15(16)23-18(24)12-21-20(26)17-10-5-11-27-17/h3-5,8-11,14H,1-2,6-7,12-13H2,(H,21,26)(H,22,25). The lowest BCUT2D eigenvalue weighted by Crippen LogP contribution is -2.35. The van der Waals surface area contributed by atoms with Crippen molar-refractivity contribution < 1.29 is 14.0 Å². The average molecular weight is 366 g/mol. The van der Waals surface area contributed by atoms with E-state index >= 15 is 0 Å². The summed E-state index contributed by atoms with van der Waals surface area (Å²) < 4.78 is 6.97. The number of carbonyl (C=O) groups is 2. The van der Waals surface area contributed by atoms with Gasteiger partial charge < -0.3 is 19.6 Å². The summed E-state index contributed by atoms with van der Waals surface area (Å²) >= 11 is 0. The third-order valence-electron chi connectivity index (χ3n) is 4.91. The number of fused-ring (bicyclic) bond motifs is 1. The first-order valence-corrected chi connectivity index (χ1v) is 9.26. The van der Waals surface area contributed by atoms with Gasteiger partial charge in [-0.3, -0.25) is 9.59 Å². The monoisotopic (exact) mass is 366 g/mol. The summed E-state index contributed by atoms with van der Waals surface area (Å²) in [6.45, 7) is 0.397. The molecule has 0 atom stereocenters. The van der Waals surface area contributed by atoms with Crippen LogP contribution in [0, 0.1) is 0 Å². The molecular formula is C20H22N4O3. The van der Waals surface area contributed by atoms with Crippen LogP contribution in [-0.2, 0) is 17.9 Å². The van der Waals surface area contributed by atoms with Gasteiger partial charge in [-0.15, -0.1) is 0 Å². The number of carbonyl (C=O) groups excluding carboxylic acids is 2. The fourth-order valence-electron chi connectivity index (χ4n) is 3.58. The normalized spacial score (nSPS) is 14.5. The van der Waals surface area contributed by atoms with Crippen LogP contribution in [0.5, 0.6) is 0 Å². The summed E-state index contributed by atoms with van der Waals surface area (Å²) in [6.07, 6.45) is 5.88. The maximum atomic E-state index is 12.5. The zero-order valence-corrected chi connectivity index (χ0v) is 15.0. The zero-order valence-electron chi connectivity index (χ0n) is 15.0. The van der Waals surface area contributed by atoms with Crippen molar-refractivity contribution in [1.82, 2.24) is 20.2 Å². The number of benzene rings is 1. The van der Waals surface area contributed by atoms with Crippen molar-refractivity contribution in [2.45, 2.75) is 44.8 Å². The van der Waals surface area contributed by atoms with E-state index in [0.29, 0.717) is 5.82 Å². The fraction of sp³-hybridized carbons (Fsp3) is 0.350. The minimum absolute atomic E-state index is 0.0244. The number of nitrogens with zero attached hydrogens (tertiary/aromatic N) is 2. The van der Waals surface area contributed by atoms with Crippen LogP contribution in [0.2, 0.25) is 0 Å². The summed E-state index contributed by atoms with van der Waals surface area (Å²) in [6, 6.07) is 11.2. The van der Waals surface area contributed by atoms with Gasteiger partial charge in [0.15, 0.2) is 5.76 Å². The largest absolute Gasteiger partial charge is 0.459 e. The van der Waals surface area contributed by atoms with Gasteiger partial charge in [0.25, 0.3) is 5.91 Å². The van der Waals surface area contributed by atoms with Gasteiger partial charge in [-0.1, -0.05) is 25.0 Å². The van der Waals surface area contributed by atoms with Crippen molar-refractivity contribution in [2.24, 2.45) is 0 Å². The molecule has 1 aliphatic carbocycles. The van der Waals surface area contributed by atoms with Crippen molar-refractivity contribution in [1.29, 1.82) is 0 Å². The second-order valence-corrected chi connectivity index (χ2v) is 6.81. The summed E-state index contributed by atoms with van der Waals surface area (Å²) in [5, 5.41) is 5.91. The number of amides is 2. The van der Waals surface area contributed by atoms with E-state index in [9.17, 15) is 9.59 Å². The number of para-hydroxylation sites is 2. The molecule has 1 aromatic carbocycles. The molecule has 27 heavy (non-hydrogen) atoms. The van der Waals surface area contributed by atoms with E-state index in [1.165, 1.54) is 19.1 Å². The molecule has 0 aliphatic heterocycles. The lowest BCUT2D eigenvalue weighted by atomic mass is 10.2. The smallest absolute Gasteiger partial charge is 0.287 e. The Kier molecular flexibility index (Phi) is 4.91. The van der Waals surface area contributed by atoms with Gasteiger partial charge in [0, 0.05) is 6.04 Å². The molecule has 2 heterocycles. The SMILES string of the molecule is O=C(Cn1c(CNC(=O)c2ccco2)nc2ccccc21)NC1CCCC1. The Balaban J connectivity index is 1.51. The van der Waals surface area contributed by atoms with Crippen LogP contribution < -0.4 is 10.6 Å². The first-order valence-electron chi connectivity index (χ1n) is 9.26. The Bertz CT molecular complexity index is 939. The van der Waals surface area contributed by atoms with Gasteiger partial charge in [0.1, 0.15) is 12.4 Å². The first kappa shape index (κ1) is 17.3. The van der Waals surface area contributed by atoms with E-state index < -0.39 is 0 Å². The fourth-order valence-corrected chi connectivity index (χ4v) is 3.58. The van der Waals surface area contributed by atoms with Gasteiger partial charge >= 0.3 is 0 Å².